The van der Waals surface area contributed by atoms with Crippen LogP contribution in [0.25, 0.3) is 0 Å². The summed E-state index contributed by atoms with van der Waals surface area (Å²) in [4.78, 5) is 2.32. The van der Waals surface area contributed by atoms with Crippen LogP contribution in [0, 0.1) is 16.7 Å². The molecule has 0 aromatic rings. The molecule has 2 heterocycles. The van der Waals surface area contributed by atoms with Gasteiger partial charge in [-0.25, -0.2) is 0 Å². The van der Waals surface area contributed by atoms with E-state index in [0.717, 1.165) is 70.5 Å². The second-order valence-corrected chi connectivity index (χ2v) is 7.99. The molecular formula is C23H34N4O. The summed E-state index contributed by atoms with van der Waals surface area (Å²) in [7, 11) is 0. The molecule has 2 N–H and O–H groups in total. The molecule has 28 heavy (non-hydrogen) atoms. The van der Waals surface area contributed by atoms with Crippen LogP contribution in [0.3, 0.4) is 0 Å². The van der Waals surface area contributed by atoms with E-state index in [0.29, 0.717) is 6.61 Å². The van der Waals surface area contributed by atoms with Gasteiger partial charge in [0.05, 0.1) is 23.3 Å². The Morgan fingerprint density at radius 1 is 1.50 bits per heavy atom. The van der Waals surface area contributed by atoms with E-state index in [1.807, 2.05) is 12.3 Å². The summed E-state index contributed by atoms with van der Waals surface area (Å²) >= 11 is 0. The molecule has 1 atom stereocenters. The fourth-order valence-corrected chi connectivity index (χ4v) is 4.31. The van der Waals surface area contributed by atoms with Crippen molar-refractivity contribution >= 4 is 0 Å². The zero-order valence-electron chi connectivity index (χ0n) is 17.2. The Balaban J connectivity index is 1.46. The molecule has 0 amide bonds. The first-order chi connectivity index (χ1) is 13.7. The zero-order valence-corrected chi connectivity index (χ0v) is 17.2. The number of hydrogen-bond acceptors (Lipinski definition) is 5. The van der Waals surface area contributed by atoms with Gasteiger partial charge in [0.2, 0.25) is 0 Å². The molecule has 0 bridgehead atoms. The fourth-order valence-electron chi connectivity index (χ4n) is 4.31. The summed E-state index contributed by atoms with van der Waals surface area (Å²) in [5, 5.41) is 16.5. The molecule has 3 rings (SSSR count). The highest BCUT2D eigenvalue weighted by atomic mass is 16.5. The van der Waals surface area contributed by atoms with Gasteiger partial charge in [-0.1, -0.05) is 24.3 Å². The largest absolute Gasteiger partial charge is 0.390 e. The van der Waals surface area contributed by atoms with E-state index < -0.39 is 0 Å². The van der Waals surface area contributed by atoms with Crippen molar-refractivity contribution in [3.8, 4) is 6.07 Å². The average Bonchev–Trinajstić information content (AvgIpc) is 2.75. The number of rotatable bonds is 8. The Hall–Kier alpha value is -2.03. The van der Waals surface area contributed by atoms with Crippen LogP contribution in [0.5, 0.6) is 0 Å². The van der Waals surface area contributed by atoms with E-state index in [4.69, 9.17) is 4.74 Å². The van der Waals surface area contributed by atoms with E-state index in [1.165, 1.54) is 11.1 Å². The Bertz CT molecular complexity index is 677. The lowest BCUT2D eigenvalue weighted by Crippen LogP contribution is -2.39. The molecule has 5 heteroatoms. The van der Waals surface area contributed by atoms with Gasteiger partial charge in [-0.05, 0) is 57.2 Å². The minimum Gasteiger partial charge on any atom is -0.390 e. The lowest BCUT2D eigenvalue weighted by molar-refractivity contribution is 0.0518. The van der Waals surface area contributed by atoms with Crippen LogP contribution in [0.1, 0.15) is 39.0 Å². The molecule has 0 saturated carbocycles. The lowest BCUT2D eigenvalue weighted by atomic mass is 9.77. The van der Waals surface area contributed by atoms with Crippen molar-refractivity contribution in [2.75, 3.05) is 39.3 Å². The molecule has 2 aliphatic heterocycles. The first-order valence-corrected chi connectivity index (χ1v) is 10.6. The molecule has 152 valence electrons. The van der Waals surface area contributed by atoms with Crippen LogP contribution in [0.15, 0.2) is 47.9 Å². The number of likely N-dealkylation sites (tertiary alicyclic amines) is 1. The van der Waals surface area contributed by atoms with Gasteiger partial charge >= 0.3 is 0 Å². The van der Waals surface area contributed by atoms with Crippen molar-refractivity contribution in [1.82, 2.24) is 15.5 Å². The van der Waals surface area contributed by atoms with Crippen molar-refractivity contribution in [2.24, 2.45) is 5.41 Å². The SMILES string of the molecule is C=C/C(=C\NCC)N1CCC(C#N)(CCOC2C=CC3=C(CNCC3)C2)CC1. The Morgan fingerprint density at radius 3 is 3.04 bits per heavy atom. The van der Waals surface area contributed by atoms with E-state index in [9.17, 15) is 5.26 Å². The van der Waals surface area contributed by atoms with Gasteiger partial charge in [0, 0.05) is 39.0 Å². The number of piperidine rings is 1. The monoisotopic (exact) mass is 382 g/mol. The summed E-state index contributed by atoms with van der Waals surface area (Å²) in [5.74, 6) is 0. The van der Waals surface area contributed by atoms with Crippen LogP contribution in [0.2, 0.25) is 0 Å². The van der Waals surface area contributed by atoms with Crippen molar-refractivity contribution in [3.63, 3.8) is 0 Å². The van der Waals surface area contributed by atoms with Crippen LogP contribution < -0.4 is 10.6 Å². The maximum absolute atomic E-state index is 9.86. The number of hydrogen-bond donors (Lipinski definition) is 2. The standard InChI is InChI=1S/C23H34N4O/c1-3-21(17-25-4-2)27-12-8-23(18-24,9-13-27)10-14-28-22-6-5-19-7-11-26-16-20(19)15-22/h3,5-6,17,22,25-26H,1,4,7-16H2,2H3/b21-17+. The minimum absolute atomic E-state index is 0.157. The fraction of sp³-hybridized carbons (Fsp3) is 0.609. The predicted octanol–water partition coefficient (Wildman–Crippen LogP) is 3.25. The molecule has 0 spiro atoms. The Kier molecular flexibility index (Phi) is 7.36. The van der Waals surface area contributed by atoms with E-state index >= 15 is 0 Å². The second kappa shape index (κ2) is 9.95. The molecular weight excluding hydrogens is 348 g/mol. The summed E-state index contributed by atoms with van der Waals surface area (Å²) in [6, 6.07) is 2.62. The maximum Gasteiger partial charge on any atom is 0.0796 e. The second-order valence-electron chi connectivity index (χ2n) is 7.99. The topological polar surface area (TPSA) is 60.3 Å². The van der Waals surface area contributed by atoms with Crippen molar-refractivity contribution in [1.29, 1.82) is 5.26 Å². The van der Waals surface area contributed by atoms with Crippen LogP contribution in [-0.4, -0.2) is 50.3 Å². The maximum atomic E-state index is 9.86. The summed E-state index contributed by atoms with van der Waals surface area (Å²) in [6.07, 6.45) is 13.2. The van der Waals surface area contributed by atoms with Gasteiger partial charge in [0.1, 0.15) is 0 Å². The molecule has 1 aliphatic carbocycles. The van der Waals surface area contributed by atoms with Gasteiger partial charge in [0.25, 0.3) is 0 Å². The summed E-state index contributed by atoms with van der Waals surface area (Å²) < 4.78 is 6.16. The number of ether oxygens (including phenoxy) is 1. The zero-order chi connectivity index (χ0) is 19.8. The van der Waals surface area contributed by atoms with E-state index in [2.05, 4.69) is 47.3 Å². The summed E-state index contributed by atoms with van der Waals surface area (Å²) in [6.45, 7) is 11.4. The Morgan fingerprint density at radius 2 is 2.32 bits per heavy atom. The predicted molar refractivity (Wildman–Crippen MR) is 113 cm³/mol. The quantitative estimate of drug-likeness (QED) is 0.631. The summed E-state index contributed by atoms with van der Waals surface area (Å²) in [5.41, 5.74) is 3.83. The molecule has 0 aromatic carbocycles. The van der Waals surface area contributed by atoms with Gasteiger partial charge < -0.3 is 20.3 Å². The van der Waals surface area contributed by atoms with Crippen molar-refractivity contribution < 1.29 is 4.74 Å². The van der Waals surface area contributed by atoms with Crippen LogP contribution in [-0.2, 0) is 4.74 Å². The highest BCUT2D eigenvalue weighted by Gasteiger charge is 2.35. The average molecular weight is 383 g/mol. The molecule has 5 nitrogen and oxygen atoms in total. The molecule has 1 unspecified atom stereocenters. The molecule has 0 aromatic heterocycles. The van der Waals surface area contributed by atoms with Gasteiger partial charge in [-0.2, -0.15) is 5.26 Å². The first-order valence-electron chi connectivity index (χ1n) is 10.6. The van der Waals surface area contributed by atoms with Gasteiger partial charge in [-0.3, -0.25) is 0 Å². The number of nitrogens with zero attached hydrogens (tertiary/aromatic N) is 2. The molecule has 3 aliphatic rings. The number of allylic oxidation sites excluding steroid dienone is 2. The minimum atomic E-state index is -0.268. The molecule has 1 saturated heterocycles. The van der Waals surface area contributed by atoms with Crippen LogP contribution in [0.4, 0.5) is 0 Å². The van der Waals surface area contributed by atoms with E-state index in [1.54, 1.807) is 0 Å². The van der Waals surface area contributed by atoms with Gasteiger partial charge in [0.15, 0.2) is 0 Å². The van der Waals surface area contributed by atoms with E-state index in [-0.39, 0.29) is 11.5 Å². The number of nitriles is 1. The third-order valence-corrected chi connectivity index (χ3v) is 6.22. The lowest BCUT2D eigenvalue weighted by Gasteiger charge is -2.39. The molecule has 0 radical (unpaired) electrons. The number of nitrogens with one attached hydrogen (secondary N) is 2. The normalized spacial score (nSPS) is 24.5. The van der Waals surface area contributed by atoms with Crippen molar-refractivity contribution in [3.05, 3.63) is 47.9 Å². The Labute approximate surface area is 169 Å². The highest BCUT2D eigenvalue weighted by Crippen LogP contribution is 2.36. The van der Waals surface area contributed by atoms with Crippen LogP contribution >= 0.6 is 0 Å². The first kappa shape index (κ1) is 20.7. The van der Waals surface area contributed by atoms with Gasteiger partial charge in [-0.15, -0.1) is 0 Å². The third-order valence-electron chi connectivity index (χ3n) is 6.22. The smallest absolute Gasteiger partial charge is 0.0796 e. The van der Waals surface area contributed by atoms with Crippen molar-refractivity contribution in [2.45, 2.75) is 45.1 Å². The third kappa shape index (κ3) is 5.06. The molecule has 1 fully saturated rings. The highest BCUT2D eigenvalue weighted by molar-refractivity contribution is 5.34.